The molecule has 0 unspecified atom stereocenters. The maximum Gasteiger partial charge on any atom is 0.186 e. The van der Waals surface area contributed by atoms with Crippen molar-refractivity contribution in [3.63, 3.8) is 0 Å². The summed E-state index contributed by atoms with van der Waals surface area (Å²) in [4.78, 5) is 0. The largest absolute Gasteiger partial charge is 0.374 e. The van der Waals surface area contributed by atoms with Gasteiger partial charge in [0.05, 0.1) is 45.8 Å². The topological polar surface area (TPSA) is 55.4 Å². The van der Waals surface area contributed by atoms with Gasteiger partial charge in [-0.05, 0) is 58.7 Å². The number of rotatable bonds is 21. The summed E-state index contributed by atoms with van der Waals surface area (Å²) in [5.74, 6) is 0. The molecule has 316 valence electrons. The van der Waals surface area contributed by atoms with Crippen LogP contribution in [0.15, 0.2) is 212 Å². The lowest BCUT2D eigenvalue weighted by Gasteiger charge is -2.46. The van der Waals surface area contributed by atoms with Gasteiger partial charge >= 0.3 is 0 Å². The van der Waals surface area contributed by atoms with E-state index in [2.05, 4.69) is 140 Å². The summed E-state index contributed by atoms with van der Waals surface area (Å²) in [7, 11) is -2.07. The van der Waals surface area contributed by atoms with E-state index in [0.717, 1.165) is 34.8 Å². The Labute approximate surface area is 367 Å². The van der Waals surface area contributed by atoms with E-state index in [9.17, 15) is 0 Å². The Morgan fingerprint density at radius 2 is 0.726 bits per heavy atom. The first-order chi connectivity index (χ1) is 30.8. The molecule has 8 rings (SSSR count). The van der Waals surface area contributed by atoms with Crippen LogP contribution in [-0.2, 0) is 54.8 Å². The Bertz CT molecular complexity index is 2190. The Kier molecular flexibility index (Phi) is 15.9. The third kappa shape index (κ3) is 11.4. The Morgan fingerprint density at radius 1 is 0.371 bits per heavy atom. The number of hydrogen-bond acceptors (Lipinski definition) is 6. The smallest absolute Gasteiger partial charge is 0.186 e. The fourth-order valence-corrected chi connectivity index (χ4v) is 12.6. The van der Waals surface area contributed by atoms with Crippen LogP contribution in [0.3, 0.4) is 0 Å². The minimum Gasteiger partial charge on any atom is -0.374 e. The third-order valence-corrected chi connectivity index (χ3v) is 15.9. The van der Waals surface area contributed by atoms with E-state index in [1.807, 2.05) is 72.8 Å². The van der Waals surface area contributed by atoms with Crippen LogP contribution in [0, 0.1) is 0 Å². The van der Waals surface area contributed by atoms with E-state index in [-0.39, 0.29) is 6.61 Å². The molecule has 1 saturated heterocycles. The third-order valence-electron chi connectivity index (χ3n) is 11.4. The molecule has 6 nitrogen and oxygen atoms in total. The van der Waals surface area contributed by atoms with Crippen LogP contribution in [0.5, 0.6) is 0 Å². The van der Waals surface area contributed by atoms with E-state index < -0.39 is 38.0 Å². The van der Waals surface area contributed by atoms with Crippen molar-refractivity contribution < 1.29 is 28.4 Å². The van der Waals surface area contributed by atoms with Crippen LogP contribution >= 0.6 is 7.26 Å². The van der Waals surface area contributed by atoms with Crippen molar-refractivity contribution in [2.24, 2.45) is 0 Å². The molecule has 0 bridgehead atoms. The van der Waals surface area contributed by atoms with Gasteiger partial charge in [-0.25, -0.2) is 0 Å². The number of ether oxygens (including phenoxy) is 6. The molecule has 1 aliphatic heterocycles. The maximum absolute atomic E-state index is 7.03. The summed E-state index contributed by atoms with van der Waals surface area (Å²) < 4.78 is 41.2. The summed E-state index contributed by atoms with van der Waals surface area (Å²) in [6, 6.07) is 73.8. The quantitative estimate of drug-likeness (QED) is 0.0531. The maximum atomic E-state index is 7.03. The van der Waals surface area contributed by atoms with E-state index in [4.69, 9.17) is 28.4 Å². The monoisotopic (exact) mass is 843 g/mol. The lowest BCUT2D eigenvalue weighted by atomic mass is 9.97. The Hall–Kier alpha value is -5.27. The molecule has 0 saturated carbocycles. The van der Waals surface area contributed by atoms with Crippen LogP contribution in [0.4, 0.5) is 0 Å². The van der Waals surface area contributed by atoms with Gasteiger partial charge < -0.3 is 28.4 Å². The van der Waals surface area contributed by atoms with Gasteiger partial charge in [0.1, 0.15) is 47.6 Å². The molecular formula is C55H56O6P+. The highest BCUT2D eigenvalue weighted by molar-refractivity contribution is 7.95. The summed E-state index contributed by atoms with van der Waals surface area (Å²) in [5, 5.41) is 4.04. The predicted octanol–water partition coefficient (Wildman–Crippen LogP) is 10.1. The second kappa shape index (κ2) is 22.7. The molecule has 0 spiro atoms. The molecule has 7 aromatic carbocycles. The van der Waals surface area contributed by atoms with Crippen LogP contribution in [-0.4, -0.2) is 50.1 Å². The summed E-state index contributed by atoms with van der Waals surface area (Å²) in [6.07, 6.45) is -1.31. The number of benzene rings is 7. The zero-order valence-corrected chi connectivity index (χ0v) is 36.0. The first kappa shape index (κ1) is 43.4. The first-order valence-corrected chi connectivity index (χ1v) is 23.6. The van der Waals surface area contributed by atoms with Crippen molar-refractivity contribution in [2.45, 2.75) is 63.6 Å². The van der Waals surface area contributed by atoms with Crippen molar-refractivity contribution in [3.8, 4) is 0 Å². The van der Waals surface area contributed by atoms with E-state index >= 15 is 0 Å². The standard InChI is InChI=1S/C55H56O6P/c1-8-23-44(24-9-1)39-56-43-51-52(58-40-45-25-10-2-11-26-45)53(59-41-46-27-12-3-13-28-46)54(60-42-47-29-14-4-15-30-47)55(61-51)57-37-22-38-62(48-31-16-5-17-32-48,49-33-18-6-19-34-49)50-35-20-7-21-36-50/h1-21,23-36,51-55H,22,37-43H2/q+1/t51-,52-,53+,54-,55-/m1/s1. The Morgan fingerprint density at radius 3 is 1.15 bits per heavy atom. The van der Waals surface area contributed by atoms with Gasteiger partial charge in [0, 0.05) is 6.42 Å². The van der Waals surface area contributed by atoms with Crippen molar-refractivity contribution in [3.05, 3.63) is 235 Å². The minimum atomic E-state index is -2.07. The molecule has 5 atom stereocenters. The molecule has 1 fully saturated rings. The van der Waals surface area contributed by atoms with Crippen molar-refractivity contribution in [1.82, 2.24) is 0 Å². The predicted molar refractivity (Wildman–Crippen MR) is 250 cm³/mol. The lowest BCUT2D eigenvalue weighted by Crippen LogP contribution is -2.61. The fourth-order valence-electron chi connectivity index (χ4n) is 8.26. The van der Waals surface area contributed by atoms with Gasteiger partial charge in [0.15, 0.2) is 6.29 Å². The lowest BCUT2D eigenvalue weighted by molar-refractivity contribution is -0.328. The van der Waals surface area contributed by atoms with E-state index in [0.29, 0.717) is 33.0 Å². The molecule has 7 aromatic rings. The molecule has 0 aliphatic carbocycles. The zero-order valence-electron chi connectivity index (χ0n) is 35.1. The normalized spacial score (nSPS) is 18.9. The SMILES string of the molecule is c1ccc(COC[C@H]2O[C@@H](OCCC[P+](c3ccccc3)(c3ccccc3)c3ccccc3)[C@H](OCc3ccccc3)[C@@H](OCc3ccccc3)[C@@H]2OCc2ccccc2)cc1. The average molecular weight is 844 g/mol. The van der Waals surface area contributed by atoms with Crippen LogP contribution in [0.25, 0.3) is 0 Å². The van der Waals surface area contributed by atoms with Crippen molar-refractivity contribution in [1.29, 1.82) is 0 Å². The molecule has 1 heterocycles. The average Bonchev–Trinajstić information content (AvgIpc) is 3.35. The molecule has 7 heteroatoms. The van der Waals surface area contributed by atoms with Gasteiger partial charge in [-0.2, -0.15) is 0 Å². The molecule has 0 N–H and O–H groups in total. The zero-order chi connectivity index (χ0) is 42.1. The second-order valence-corrected chi connectivity index (χ2v) is 19.2. The van der Waals surface area contributed by atoms with Gasteiger partial charge in [-0.3, -0.25) is 0 Å². The van der Waals surface area contributed by atoms with E-state index in [1.165, 1.54) is 15.9 Å². The highest BCUT2D eigenvalue weighted by atomic mass is 31.2. The van der Waals surface area contributed by atoms with Crippen LogP contribution < -0.4 is 15.9 Å². The molecule has 62 heavy (non-hydrogen) atoms. The fraction of sp³-hybridized carbons (Fsp3) is 0.236. The van der Waals surface area contributed by atoms with Gasteiger partial charge in [-0.1, -0.05) is 176 Å². The number of hydrogen-bond donors (Lipinski definition) is 0. The first-order valence-electron chi connectivity index (χ1n) is 21.7. The van der Waals surface area contributed by atoms with Crippen molar-refractivity contribution >= 4 is 23.2 Å². The molecule has 0 amide bonds. The highest BCUT2D eigenvalue weighted by Gasteiger charge is 2.50. The second-order valence-electron chi connectivity index (χ2n) is 15.6. The molecule has 1 aliphatic rings. The van der Waals surface area contributed by atoms with Gasteiger partial charge in [0.2, 0.25) is 0 Å². The minimum absolute atomic E-state index is 0.273. The van der Waals surface area contributed by atoms with Crippen LogP contribution in [0.1, 0.15) is 28.7 Å². The van der Waals surface area contributed by atoms with Crippen molar-refractivity contribution in [2.75, 3.05) is 19.4 Å². The van der Waals surface area contributed by atoms with Gasteiger partial charge in [-0.15, -0.1) is 0 Å². The summed E-state index contributed by atoms with van der Waals surface area (Å²) in [5.41, 5.74) is 4.24. The van der Waals surface area contributed by atoms with Crippen LogP contribution in [0.2, 0.25) is 0 Å². The van der Waals surface area contributed by atoms with E-state index in [1.54, 1.807) is 0 Å². The highest BCUT2D eigenvalue weighted by Crippen LogP contribution is 2.55. The summed E-state index contributed by atoms with van der Waals surface area (Å²) >= 11 is 0. The molecule has 0 radical (unpaired) electrons. The Balaban J connectivity index is 1.10. The molecular weight excluding hydrogens is 788 g/mol. The summed E-state index contributed by atoms with van der Waals surface area (Å²) in [6.45, 7) is 2.25. The molecule has 0 aromatic heterocycles. The van der Waals surface area contributed by atoms with Gasteiger partial charge in [0.25, 0.3) is 0 Å².